The van der Waals surface area contributed by atoms with E-state index in [1.807, 2.05) is 48.5 Å². The Balaban J connectivity index is 1.69. The minimum atomic E-state index is -0.464. The lowest BCUT2D eigenvalue weighted by Crippen LogP contribution is -2.24. The molecule has 0 aromatic heterocycles. The molecule has 3 aromatic rings. The monoisotopic (exact) mass is 370 g/mol. The molecule has 0 aliphatic carbocycles. The predicted molar refractivity (Wildman–Crippen MR) is 108 cm³/mol. The summed E-state index contributed by atoms with van der Waals surface area (Å²) in [5, 5.41) is 33.0. The highest BCUT2D eigenvalue weighted by molar-refractivity contribution is 5.98. The number of phenolic OH excluding ortho intramolecular Hbond substituents is 2. The Hall–Kier alpha value is -4.04. The summed E-state index contributed by atoms with van der Waals surface area (Å²) in [7, 11) is 0. The van der Waals surface area contributed by atoms with E-state index in [1.165, 1.54) is 18.2 Å². The summed E-state index contributed by atoms with van der Waals surface area (Å²) in [6, 6.07) is 20.0. The van der Waals surface area contributed by atoms with Crippen molar-refractivity contribution in [1.29, 1.82) is 5.26 Å². The van der Waals surface area contributed by atoms with Crippen LogP contribution in [0.15, 0.2) is 78.4 Å². The number of fused-ring (bicyclic) bond motifs is 1. The van der Waals surface area contributed by atoms with E-state index in [4.69, 9.17) is 0 Å². The highest BCUT2D eigenvalue weighted by Crippen LogP contribution is 2.25. The lowest BCUT2D eigenvalue weighted by Gasteiger charge is -2.08. The van der Waals surface area contributed by atoms with Crippen LogP contribution in [0.4, 0.5) is 0 Å². The SMILES string of the molecule is N#CC(=CC=Cc1ccc(O)c(O)c1)C(=O)NCc1cccc2ccccc12. The summed E-state index contributed by atoms with van der Waals surface area (Å²) in [5.41, 5.74) is 1.57. The lowest BCUT2D eigenvalue weighted by atomic mass is 10.0. The van der Waals surface area contributed by atoms with Gasteiger partial charge in [-0.2, -0.15) is 5.26 Å². The standard InChI is InChI=1S/C23H18N2O3/c24-14-18(8-3-5-16-11-12-21(26)22(27)13-16)23(28)25-15-19-9-4-7-17-6-1-2-10-20(17)19/h1-13,26-27H,15H2,(H,25,28). The molecule has 0 heterocycles. The van der Waals surface area contributed by atoms with Gasteiger partial charge in [0.25, 0.3) is 5.91 Å². The molecule has 28 heavy (non-hydrogen) atoms. The third kappa shape index (κ3) is 4.37. The van der Waals surface area contributed by atoms with Gasteiger partial charge in [-0.1, -0.05) is 60.7 Å². The zero-order valence-electron chi connectivity index (χ0n) is 15.0. The minimum absolute atomic E-state index is 0.0283. The van der Waals surface area contributed by atoms with Crippen molar-refractivity contribution in [2.45, 2.75) is 6.54 Å². The van der Waals surface area contributed by atoms with Gasteiger partial charge in [-0.3, -0.25) is 4.79 Å². The van der Waals surface area contributed by atoms with Crippen LogP contribution in [0.1, 0.15) is 11.1 Å². The van der Waals surface area contributed by atoms with Crippen LogP contribution >= 0.6 is 0 Å². The van der Waals surface area contributed by atoms with Crippen molar-refractivity contribution in [3.05, 3.63) is 89.5 Å². The number of amides is 1. The molecule has 0 radical (unpaired) electrons. The van der Waals surface area contributed by atoms with Crippen LogP contribution in [0.2, 0.25) is 0 Å². The fourth-order valence-electron chi connectivity index (χ4n) is 2.78. The fraction of sp³-hybridized carbons (Fsp3) is 0.0435. The number of phenols is 2. The third-order valence-electron chi connectivity index (χ3n) is 4.24. The maximum Gasteiger partial charge on any atom is 0.262 e. The fourth-order valence-corrected chi connectivity index (χ4v) is 2.78. The van der Waals surface area contributed by atoms with Gasteiger partial charge >= 0.3 is 0 Å². The van der Waals surface area contributed by atoms with Crippen molar-refractivity contribution >= 4 is 22.8 Å². The molecule has 0 unspecified atom stereocenters. The number of allylic oxidation sites excluding steroid dienone is 2. The topological polar surface area (TPSA) is 93.3 Å². The van der Waals surface area contributed by atoms with E-state index in [9.17, 15) is 20.3 Å². The van der Waals surface area contributed by atoms with Gasteiger partial charge in [0, 0.05) is 6.54 Å². The first kappa shape index (κ1) is 18.7. The maximum absolute atomic E-state index is 12.3. The van der Waals surface area contributed by atoms with E-state index < -0.39 is 5.91 Å². The maximum atomic E-state index is 12.3. The largest absolute Gasteiger partial charge is 0.504 e. The van der Waals surface area contributed by atoms with Crippen molar-refractivity contribution in [1.82, 2.24) is 5.32 Å². The number of carbonyl (C=O) groups excluding carboxylic acids is 1. The summed E-state index contributed by atoms with van der Waals surface area (Å²) in [6.45, 7) is 0.314. The Morgan fingerprint density at radius 3 is 2.61 bits per heavy atom. The van der Waals surface area contributed by atoms with E-state index in [0.717, 1.165) is 16.3 Å². The number of hydrogen-bond donors (Lipinski definition) is 3. The molecule has 0 atom stereocenters. The number of aromatic hydroxyl groups is 2. The Morgan fingerprint density at radius 1 is 1.04 bits per heavy atom. The van der Waals surface area contributed by atoms with Crippen LogP contribution in [0.3, 0.4) is 0 Å². The number of benzene rings is 3. The molecule has 3 N–H and O–H groups in total. The molecule has 3 aromatic carbocycles. The van der Waals surface area contributed by atoms with Crippen molar-refractivity contribution in [2.24, 2.45) is 0 Å². The first-order valence-corrected chi connectivity index (χ1v) is 8.64. The predicted octanol–water partition coefficient (Wildman–Crippen LogP) is 4.03. The first-order valence-electron chi connectivity index (χ1n) is 8.64. The second-order valence-electron chi connectivity index (χ2n) is 6.12. The quantitative estimate of drug-likeness (QED) is 0.274. The van der Waals surface area contributed by atoms with Crippen LogP contribution < -0.4 is 5.32 Å². The van der Waals surface area contributed by atoms with Crippen LogP contribution in [-0.2, 0) is 11.3 Å². The highest BCUT2D eigenvalue weighted by atomic mass is 16.3. The average molecular weight is 370 g/mol. The molecular formula is C23H18N2O3. The van der Waals surface area contributed by atoms with Gasteiger partial charge in [0.1, 0.15) is 11.6 Å². The second-order valence-corrected chi connectivity index (χ2v) is 6.12. The molecule has 5 nitrogen and oxygen atoms in total. The Morgan fingerprint density at radius 2 is 1.82 bits per heavy atom. The molecule has 0 spiro atoms. The summed E-state index contributed by atoms with van der Waals surface area (Å²) in [4.78, 5) is 12.3. The lowest BCUT2D eigenvalue weighted by molar-refractivity contribution is -0.117. The van der Waals surface area contributed by atoms with Gasteiger partial charge < -0.3 is 15.5 Å². The van der Waals surface area contributed by atoms with Crippen LogP contribution in [0.5, 0.6) is 11.5 Å². The molecule has 3 rings (SSSR count). The molecule has 0 saturated heterocycles. The van der Waals surface area contributed by atoms with Crippen molar-refractivity contribution in [2.75, 3.05) is 0 Å². The Labute approximate surface area is 162 Å². The van der Waals surface area contributed by atoms with Crippen LogP contribution in [-0.4, -0.2) is 16.1 Å². The van der Waals surface area contributed by atoms with Gasteiger partial charge in [-0.05, 0) is 40.1 Å². The summed E-state index contributed by atoms with van der Waals surface area (Å²) < 4.78 is 0. The first-order chi connectivity index (χ1) is 13.6. The summed E-state index contributed by atoms with van der Waals surface area (Å²) in [5.74, 6) is -0.911. The van der Waals surface area contributed by atoms with Crippen molar-refractivity contribution < 1.29 is 15.0 Å². The van der Waals surface area contributed by atoms with Crippen molar-refractivity contribution in [3.63, 3.8) is 0 Å². The van der Waals surface area contributed by atoms with Gasteiger partial charge in [-0.15, -0.1) is 0 Å². The second kappa shape index (κ2) is 8.56. The number of hydrogen-bond acceptors (Lipinski definition) is 4. The Kier molecular flexibility index (Phi) is 5.73. The molecule has 1 amide bonds. The van der Waals surface area contributed by atoms with Gasteiger partial charge in [-0.25, -0.2) is 0 Å². The Bertz CT molecular complexity index is 1120. The number of nitrogens with zero attached hydrogens (tertiary/aromatic N) is 1. The van der Waals surface area contributed by atoms with Gasteiger partial charge in [0.15, 0.2) is 11.5 Å². The van der Waals surface area contributed by atoms with Crippen LogP contribution in [0, 0.1) is 11.3 Å². The molecule has 5 heteroatoms. The molecule has 138 valence electrons. The number of rotatable bonds is 5. The molecule has 0 bridgehead atoms. The summed E-state index contributed by atoms with van der Waals surface area (Å²) >= 11 is 0. The molecule has 0 fully saturated rings. The smallest absolute Gasteiger partial charge is 0.262 e. The number of carbonyl (C=O) groups is 1. The molecule has 0 aliphatic heterocycles. The molecule has 0 aliphatic rings. The van der Waals surface area contributed by atoms with E-state index in [1.54, 1.807) is 18.2 Å². The van der Waals surface area contributed by atoms with E-state index >= 15 is 0 Å². The molecular weight excluding hydrogens is 352 g/mol. The zero-order chi connectivity index (χ0) is 19.9. The van der Waals surface area contributed by atoms with E-state index in [2.05, 4.69) is 5.32 Å². The number of nitriles is 1. The zero-order valence-corrected chi connectivity index (χ0v) is 15.0. The third-order valence-corrected chi connectivity index (χ3v) is 4.24. The minimum Gasteiger partial charge on any atom is -0.504 e. The van der Waals surface area contributed by atoms with Crippen molar-refractivity contribution in [3.8, 4) is 17.6 Å². The van der Waals surface area contributed by atoms with Crippen LogP contribution in [0.25, 0.3) is 16.8 Å². The average Bonchev–Trinajstić information content (AvgIpc) is 2.72. The number of nitrogens with one attached hydrogen (secondary N) is 1. The summed E-state index contributed by atoms with van der Waals surface area (Å²) in [6.07, 6.45) is 4.57. The normalized spacial score (nSPS) is 11.5. The van der Waals surface area contributed by atoms with E-state index in [0.29, 0.717) is 12.1 Å². The van der Waals surface area contributed by atoms with Gasteiger partial charge in [0.05, 0.1) is 0 Å². The van der Waals surface area contributed by atoms with Gasteiger partial charge in [0.2, 0.25) is 0 Å². The molecule has 0 saturated carbocycles. The van der Waals surface area contributed by atoms with E-state index in [-0.39, 0.29) is 17.1 Å². The highest BCUT2D eigenvalue weighted by Gasteiger charge is 2.08.